The molecule has 2 atom stereocenters. The number of hydrogen-bond acceptors (Lipinski definition) is 0. The van der Waals surface area contributed by atoms with Crippen molar-refractivity contribution in [3.05, 3.63) is 35.4 Å². The number of benzene rings is 1. The van der Waals surface area contributed by atoms with Crippen LogP contribution in [-0.2, 0) is 12.8 Å². The first-order valence-corrected chi connectivity index (χ1v) is 12.4. The van der Waals surface area contributed by atoms with Gasteiger partial charge in [-0.1, -0.05) is 109 Å². The zero-order valence-corrected chi connectivity index (χ0v) is 18.7. The number of halogens is 1. The minimum absolute atomic E-state index is 0.581. The summed E-state index contributed by atoms with van der Waals surface area (Å²) in [5.74, 6) is 1.36. The summed E-state index contributed by atoms with van der Waals surface area (Å²) < 4.78 is 14.5. The SMILES string of the molecule is CCCCCCCCCCC(CC)CC(F)CCCC1Cc2ccccc2C1. The largest absolute Gasteiger partial charge is 0.247 e. The van der Waals surface area contributed by atoms with Crippen molar-refractivity contribution in [1.29, 1.82) is 0 Å². The third-order valence-corrected chi connectivity index (χ3v) is 6.90. The Morgan fingerprint density at radius 3 is 2.04 bits per heavy atom. The van der Waals surface area contributed by atoms with E-state index in [0.29, 0.717) is 5.92 Å². The Labute approximate surface area is 174 Å². The summed E-state index contributed by atoms with van der Waals surface area (Å²) in [4.78, 5) is 0. The molecule has 0 aliphatic heterocycles. The van der Waals surface area contributed by atoms with Gasteiger partial charge in [0.05, 0.1) is 0 Å². The molecule has 0 N–H and O–H groups in total. The maximum absolute atomic E-state index is 14.5. The van der Waals surface area contributed by atoms with E-state index in [-0.39, 0.29) is 0 Å². The lowest BCUT2D eigenvalue weighted by Gasteiger charge is -2.18. The molecule has 0 saturated carbocycles. The molecule has 0 spiro atoms. The third-order valence-electron chi connectivity index (χ3n) is 6.90. The Morgan fingerprint density at radius 1 is 0.821 bits per heavy atom. The molecule has 0 bridgehead atoms. The number of fused-ring (bicyclic) bond motifs is 1. The van der Waals surface area contributed by atoms with Gasteiger partial charge in [-0.05, 0) is 55.1 Å². The summed E-state index contributed by atoms with van der Waals surface area (Å²) in [6.45, 7) is 4.52. The average Bonchev–Trinajstić information content (AvgIpc) is 3.11. The monoisotopic (exact) mass is 388 g/mol. The van der Waals surface area contributed by atoms with Crippen molar-refractivity contribution in [1.82, 2.24) is 0 Å². The lowest BCUT2D eigenvalue weighted by atomic mass is 9.90. The van der Waals surface area contributed by atoms with Gasteiger partial charge in [-0.25, -0.2) is 4.39 Å². The highest BCUT2D eigenvalue weighted by molar-refractivity contribution is 5.31. The Kier molecular flexibility index (Phi) is 11.9. The van der Waals surface area contributed by atoms with Crippen molar-refractivity contribution < 1.29 is 4.39 Å². The van der Waals surface area contributed by atoms with Gasteiger partial charge in [-0.15, -0.1) is 0 Å². The van der Waals surface area contributed by atoms with E-state index in [4.69, 9.17) is 0 Å². The van der Waals surface area contributed by atoms with Crippen LogP contribution in [0.5, 0.6) is 0 Å². The second-order valence-corrected chi connectivity index (χ2v) is 9.34. The molecule has 28 heavy (non-hydrogen) atoms. The fourth-order valence-corrected chi connectivity index (χ4v) is 5.02. The molecule has 1 heteroatoms. The molecule has 1 aromatic carbocycles. The van der Waals surface area contributed by atoms with Crippen LogP contribution >= 0.6 is 0 Å². The van der Waals surface area contributed by atoms with Crippen LogP contribution in [0, 0.1) is 11.8 Å². The first kappa shape index (κ1) is 23.4. The first-order valence-electron chi connectivity index (χ1n) is 12.4. The van der Waals surface area contributed by atoms with E-state index < -0.39 is 6.17 Å². The number of rotatable bonds is 16. The van der Waals surface area contributed by atoms with Crippen LogP contribution in [-0.4, -0.2) is 6.17 Å². The van der Waals surface area contributed by atoms with Crippen molar-refractivity contribution in [2.24, 2.45) is 11.8 Å². The predicted octanol–water partition coefficient (Wildman–Crippen LogP) is 8.86. The minimum Gasteiger partial charge on any atom is -0.247 e. The molecule has 0 heterocycles. The van der Waals surface area contributed by atoms with Crippen LogP contribution in [0.15, 0.2) is 24.3 Å². The molecule has 160 valence electrons. The molecule has 0 fully saturated rings. The fraction of sp³-hybridized carbons (Fsp3) is 0.778. The maximum atomic E-state index is 14.5. The van der Waals surface area contributed by atoms with Gasteiger partial charge in [0.2, 0.25) is 0 Å². The molecule has 1 aliphatic rings. The standard InChI is InChI=1S/C27H45F/c1-3-5-6-7-8-9-10-11-15-23(4-2)22-27(28)19-14-16-24-20-25-17-12-13-18-26(25)21-24/h12-13,17-18,23-24,27H,3-11,14-16,19-22H2,1-2H3. The van der Waals surface area contributed by atoms with E-state index in [1.54, 1.807) is 0 Å². The van der Waals surface area contributed by atoms with Crippen molar-refractivity contribution in [3.63, 3.8) is 0 Å². The maximum Gasteiger partial charge on any atom is 0.100 e. The second-order valence-electron chi connectivity index (χ2n) is 9.34. The van der Waals surface area contributed by atoms with Gasteiger partial charge in [0.15, 0.2) is 0 Å². The predicted molar refractivity (Wildman–Crippen MR) is 122 cm³/mol. The molecule has 1 aromatic rings. The van der Waals surface area contributed by atoms with E-state index in [9.17, 15) is 4.39 Å². The number of unbranched alkanes of at least 4 members (excludes halogenated alkanes) is 7. The molecular formula is C27H45F. The topological polar surface area (TPSA) is 0 Å². The molecule has 2 rings (SSSR count). The highest BCUT2D eigenvalue weighted by Crippen LogP contribution is 2.31. The van der Waals surface area contributed by atoms with E-state index >= 15 is 0 Å². The third kappa shape index (κ3) is 9.10. The van der Waals surface area contributed by atoms with Crippen molar-refractivity contribution >= 4 is 0 Å². The molecule has 2 unspecified atom stereocenters. The van der Waals surface area contributed by atoms with Crippen LogP contribution in [0.4, 0.5) is 4.39 Å². The minimum atomic E-state index is -0.581. The second kappa shape index (κ2) is 14.2. The zero-order valence-electron chi connectivity index (χ0n) is 18.7. The zero-order chi connectivity index (χ0) is 20.0. The summed E-state index contributed by atoms with van der Waals surface area (Å²) >= 11 is 0. The van der Waals surface area contributed by atoms with Crippen LogP contribution < -0.4 is 0 Å². The van der Waals surface area contributed by atoms with Crippen LogP contribution in [0.2, 0.25) is 0 Å². The Hall–Kier alpha value is -0.850. The Morgan fingerprint density at radius 2 is 1.43 bits per heavy atom. The molecule has 0 radical (unpaired) electrons. The summed E-state index contributed by atoms with van der Waals surface area (Å²) in [5.41, 5.74) is 3.06. The van der Waals surface area contributed by atoms with Gasteiger partial charge in [0.25, 0.3) is 0 Å². The van der Waals surface area contributed by atoms with Gasteiger partial charge in [-0.2, -0.15) is 0 Å². The Balaban J connectivity index is 1.49. The summed E-state index contributed by atoms with van der Waals surface area (Å²) in [6.07, 6.45) is 19.0. The summed E-state index contributed by atoms with van der Waals surface area (Å²) in [6, 6.07) is 8.83. The van der Waals surface area contributed by atoms with Crippen molar-refractivity contribution in [2.45, 2.75) is 123 Å². The van der Waals surface area contributed by atoms with E-state index in [2.05, 4.69) is 38.1 Å². The smallest absolute Gasteiger partial charge is 0.100 e. The lowest BCUT2D eigenvalue weighted by molar-refractivity contribution is 0.231. The first-order chi connectivity index (χ1) is 13.7. The molecular weight excluding hydrogens is 343 g/mol. The van der Waals surface area contributed by atoms with E-state index in [1.807, 2.05) is 0 Å². The van der Waals surface area contributed by atoms with Gasteiger partial charge in [0.1, 0.15) is 6.17 Å². The number of alkyl halides is 1. The number of hydrogen-bond donors (Lipinski definition) is 0. The van der Waals surface area contributed by atoms with Crippen molar-refractivity contribution in [3.8, 4) is 0 Å². The molecule has 0 saturated heterocycles. The molecule has 0 nitrogen and oxygen atoms in total. The van der Waals surface area contributed by atoms with Crippen LogP contribution in [0.1, 0.15) is 115 Å². The molecule has 0 amide bonds. The normalized spacial score (nSPS) is 16.2. The quantitative estimate of drug-likeness (QED) is 0.248. The van der Waals surface area contributed by atoms with E-state index in [1.165, 1.54) is 88.2 Å². The van der Waals surface area contributed by atoms with Crippen LogP contribution in [0.3, 0.4) is 0 Å². The average molecular weight is 389 g/mol. The lowest BCUT2D eigenvalue weighted by Crippen LogP contribution is -2.10. The molecule has 1 aliphatic carbocycles. The summed E-state index contributed by atoms with van der Waals surface area (Å²) in [5, 5.41) is 0. The summed E-state index contributed by atoms with van der Waals surface area (Å²) in [7, 11) is 0. The highest BCUT2D eigenvalue weighted by atomic mass is 19.1. The van der Waals surface area contributed by atoms with Gasteiger partial charge in [-0.3, -0.25) is 0 Å². The van der Waals surface area contributed by atoms with Crippen LogP contribution in [0.25, 0.3) is 0 Å². The van der Waals surface area contributed by atoms with Gasteiger partial charge >= 0.3 is 0 Å². The Bertz CT molecular complexity index is 484. The highest BCUT2D eigenvalue weighted by Gasteiger charge is 2.21. The van der Waals surface area contributed by atoms with Gasteiger partial charge in [0, 0.05) is 0 Å². The molecule has 0 aromatic heterocycles. The fourth-order valence-electron chi connectivity index (χ4n) is 5.02. The van der Waals surface area contributed by atoms with Gasteiger partial charge < -0.3 is 0 Å². The van der Waals surface area contributed by atoms with Crippen molar-refractivity contribution in [2.75, 3.05) is 0 Å². The van der Waals surface area contributed by atoms with E-state index in [0.717, 1.165) is 31.6 Å².